The number of hydrogen-bond donors (Lipinski definition) is 0. The fraction of sp³-hybridized carbons (Fsp3) is 0.647. The predicted octanol–water partition coefficient (Wildman–Crippen LogP) is 4.48. The number of hydrogen-bond acceptors (Lipinski definition) is 1. The zero-order chi connectivity index (χ0) is 12.4. The molecule has 2 fully saturated rings. The number of para-hydroxylation sites is 1. The number of nitrogens with zero attached hydrogens (tertiary/aromatic N) is 1. The van der Waals surface area contributed by atoms with E-state index < -0.39 is 0 Å². The van der Waals surface area contributed by atoms with Crippen molar-refractivity contribution in [2.24, 2.45) is 11.8 Å². The smallest absolute Gasteiger partial charge is 0.0368 e. The van der Waals surface area contributed by atoms with Gasteiger partial charge in [-0.15, -0.1) is 0 Å². The maximum atomic E-state index is 2.71. The molecule has 0 aliphatic heterocycles. The summed E-state index contributed by atoms with van der Waals surface area (Å²) in [6.45, 7) is 3.70. The molecule has 0 bridgehead atoms. The van der Waals surface area contributed by atoms with E-state index in [1.54, 1.807) is 0 Å². The number of anilines is 1. The Morgan fingerprint density at radius 1 is 0.944 bits per heavy atom. The van der Waals surface area contributed by atoms with Crippen LogP contribution >= 0.6 is 0 Å². The molecule has 2 aliphatic rings. The number of benzene rings is 1. The van der Waals surface area contributed by atoms with Crippen LogP contribution in [0.1, 0.15) is 45.4 Å². The van der Waals surface area contributed by atoms with Gasteiger partial charge in [0.2, 0.25) is 0 Å². The molecule has 2 saturated carbocycles. The van der Waals surface area contributed by atoms with Crippen molar-refractivity contribution in [2.75, 3.05) is 11.4 Å². The Morgan fingerprint density at radius 3 is 2.22 bits per heavy atom. The molecule has 0 radical (unpaired) electrons. The first-order valence-electron chi connectivity index (χ1n) is 7.64. The van der Waals surface area contributed by atoms with Crippen LogP contribution in [0.3, 0.4) is 0 Å². The SMILES string of the molecule is CC1CCC(N(CC2CC2)c2ccccc2)CC1. The second-order valence-electron chi connectivity index (χ2n) is 6.34. The van der Waals surface area contributed by atoms with Gasteiger partial charge in [0.1, 0.15) is 0 Å². The molecular formula is C17H25N. The van der Waals surface area contributed by atoms with Crippen LogP contribution in [-0.4, -0.2) is 12.6 Å². The molecule has 98 valence electrons. The average molecular weight is 243 g/mol. The molecule has 1 aromatic carbocycles. The van der Waals surface area contributed by atoms with Crippen LogP contribution in [0.25, 0.3) is 0 Å². The van der Waals surface area contributed by atoms with Crippen molar-refractivity contribution in [3.05, 3.63) is 30.3 Å². The molecule has 3 rings (SSSR count). The van der Waals surface area contributed by atoms with E-state index in [-0.39, 0.29) is 0 Å². The van der Waals surface area contributed by atoms with Crippen molar-refractivity contribution in [3.8, 4) is 0 Å². The summed E-state index contributed by atoms with van der Waals surface area (Å²) in [6.07, 6.45) is 8.52. The lowest BCUT2D eigenvalue weighted by Gasteiger charge is -2.38. The lowest BCUT2D eigenvalue weighted by atomic mass is 9.86. The molecule has 1 nitrogen and oxygen atoms in total. The summed E-state index contributed by atoms with van der Waals surface area (Å²) < 4.78 is 0. The third kappa shape index (κ3) is 2.88. The summed E-state index contributed by atoms with van der Waals surface area (Å²) in [6, 6.07) is 11.9. The van der Waals surface area contributed by atoms with Gasteiger partial charge in [-0.1, -0.05) is 25.1 Å². The van der Waals surface area contributed by atoms with Crippen LogP contribution < -0.4 is 4.90 Å². The van der Waals surface area contributed by atoms with E-state index in [0.29, 0.717) is 0 Å². The second-order valence-corrected chi connectivity index (χ2v) is 6.34. The average Bonchev–Trinajstić information content (AvgIpc) is 3.22. The van der Waals surface area contributed by atoms with Crippen LogP contribution in [0.2, 0.25) is 0 Å². The maximum absolute atomic E-state index is 2.71. The van der Waals surface area contributed by atoms with E-state index >= 15 is 0 Å². The van der Waals surface area contributed by atoms with Gasteiger partial charge in [0, 0.05) is 18.3 Å². The molecular weight excluding hydrogens is 218 g/mol. The zero-order valence-corrected chi connectivity index (χ0v) is 11.5. The van der Waals surface area contributed by atoms with E-state index in [0.717, 1.165) is 17.9 Å². The minimum absolute atomic E-state index is 0.796. The van der Waals surface area contributed by atoms with E-state index in [9.17, 15) is 0 Å². The van der Waals surface area contributed by atoms with Gasteiger partial charge in [0.05, 0.1) is 0 Å². The highest BCUT2D eigenvalue weighted by molar-refractivity contribution is 5.47. The van der Waals surface area contributed by atoms with E-state index in [4.69, 9.17) is 0 Å². The molecule has 0 heterocycles. The molecule has 0 saturated heterocycles. The normalized spacial score (nSPS) is 28.1. The quantitative estimate of drug-likeness (QED) is 0.753. The minimum Gasteiger partial charge on any atom is -0.368 e. The summed E-state index contributed by atoms with van der Waals surface area (Å²) in [5.74, 6) is 1.92. The highest BCUT2D eigenvalue weighted by Gasteiger charge is 2.30. The Bertz CT molecular complexity index is 360. The van der Waals surface area contributed by atoms with Gasteiger partial charge < -0.3 is 4.90 Å². The van der Waals surface area contributed by atoms with Crippen molar-refractivity contribution < 1.29 is 0 Å². The highest BCUT2D eigenvalue weighted by atomic mass is 15.2. The Labute approximate surface area is 111 Å². The van der Waals surface area contributed by atoms with Crippen molar-refractivity contribution in [3.63, 3.8) is 0 Å². The van der Waals surface area contributed by atoms with Gasteiger partial charge in [0.15, 0.2) is 0 Å². The van der Waals surface area contributed by atoms with Crippen LogP contribution in [-0.2, 0) is 0 Å². The molecule has 18 heavy (non-hydrogen) atoms. The van der Waals surface area contributed by atoms with Crippen molar-refractivity contribution in [2.45, 2.75) is 51.5 Å². The predicted molar refractivity (Wildman–Crippen MR) is 77.9 cm³/mol. The van der Waals surface area contributed by atoms with Crippen molar-refractivity contribution in [1.82, 2.24) is 0 Å². The van der Waals surface area contributed by atoms with Gasteiger partial charge in [-0.05, 0) is 62.5 Å². The molecule has 0 spiro atoms. The van der Waals surface area contributed by atoms with E-state index in [2.05, 4.69) is 42.2 Å². The lowest BCUT2D eigenvalue weighted by molar-refractivity contribution is 0.332. The molecule has 2 aliphatic carbocycles. The molecule has 0 aromatic heterocycles. The van der Waals surface area contributed by atoms with Gasteiger partial charge in [-0.25, -0.2) is 0 Å². The first-order valence-corrected chi connectivity index (χ1v) is 7.64. The summed E-state index contributed by atoms with van der Waals surface area (Å²) >= 11 is 0. The second kappa shape index (κ2) is 5.34. The first kappa shape index (κ1) is 12.1. The molecule has 0 N–H and O–H groups in total. The summed E-state index contributed by atoms with van der Waals surface area (Å²) in [5.41, 5.74) is 1.45. The van der Waals surface area contributed by atoms with Crippen LogP contribution in [0.15, 0.2) is 30.3 Å². The molecule has 1 heteroatoms. The summed E-state index contributed by atoms with van der Waals surface area (Å²) in [7, 11) is 0. The standard InChI is InChI=1S/C17H25N/c1-14-7-11-17(12-8-14)18(13-15-9-10-15)16-5-3-2-4-6-16/h2-6,14-15,17H,7-13H2,1H3. The van der Waals surface area contributed by atoms with E-state index in [1.807, 2.05) is 0 Å². The topological polar surface area (TPSA) is 3.24 Å². The monoisotopic (exact) mass is 243 g/mol. The molecule has 0 atom stereocenters. The Kier molecular flexibility index (Phi) is 3.58. The minimum atomic E-state index is 0.796. The Morgan fingerprint density at radius 2 is 1.61 bits per heavy atom. The van der Waals surface area contributed by atoms with Crippen LogP contribution in [0.5, 0.6) is 0 Å². The lowest BCUT2D eigenvalue weighted by Crippen LogP contribution is -2.39. The highest BCUT2D eigenvalue weighted by Crippen LogP contribution is 2.35. The summed E-state index contributed by atoms with van der Waals surface area (Å²) in [4.78, 5) is 2.71. The largest absolute Gasteiger partial charge is 0.368 e. The van der Waals surface area contributed by atoms with Gasteiger partial charge in [-0.2, -0.15) is 0 Å². The molecule has 0 amide bonds. The zero-order valence-electron chi connectivity index (χ0n) is 11.5. The number of rotatable bonds is 4. The van der Waals surface area contributed by atoms with Crippen LogP contribution in [0, 0.1) is 11.8 Å². The summed E-state index contributed by atoms with van der Waals surface area (Å²) in [5, 5.41) is 0. The molecule has 0 unspecified atom stereocenters. The van der Waals surface area contributed by atoms with E-state index in [1.165, 1.54) is 50.8 Å². The fourth-order valence-electron chi connectivity index (χ4n) is 3.22. The van der Waals surface area contributed by atoms with Crippen molar-refractivity contribution in [1.29, 1.82) is 0 Å². The maximum Gasteiger partial charge on any atom is 0.0368 e. The van der Waals surface area contributed by atoms with Crippen LogP contribution in [0.4, 0.5) is 5.69 Å². The first-order chi connectivity index (χ1) is 8.83. The van der Waals surface area contributed by atoms with Crippen molar-refractivity contribution >= 4 is 5.69 Å². The molecule has 1 aromatic rings. The third-order valence-corrected chi connectivity index (χ3v) is 4.67. The van der Waals surface area contributed by atoms with Gasteiger partial charge in [0.25, 0.3) is 0 Å². The Balaban J connectivity index is 1.72. The fourth-order valence-corrected chi connectivity index (χ4v) is 3.22. The van der Waals surface area contributed by atoms with Gasteiger partial charge >= 0.3 is 0 Å². The third-order valence-electron chi connectivity index (χ3n) is 4.67. The Hall–Kier alpha value is -0.980. The van der Waals surface area contributed by atoms with Gasteiger partial charge in [-0.3, -0.25) is 0 Å².